The summed E-state index contributed by atoms with van der Waals surface area (Å²) in [5.74, 6) is -1.19. The summed E-state index contributed by atoms with van der Waals surface area (Å²) >= 11 is 0. The molecule has 106 valence electrons. The van der Waals surface area contributed by atoms with E-state index in [1.807, 2.05) is 19.1 Å². The number of benzene rings is 1. The normalized spacial score (nSPS) is 14.9. The fourth-order valence-electron chi connectivity index (χ4n) is 2.19. The van der Waals surface area contributed by atoms with Gasteiger partial charge in [0.15, 0.2) is 5.54 Å². The molecule has 0 heterocycles. The summed E-state index contributed by atoms with van der Waals surface area (Å²) in [6.45, 7) is 3.56. The largest absolute Gasteiger partial charge is 0.480 e. The van der Waals surface area contributed by atoms with Crippen molar-refractivity contribution < 1.29 is 18.3 Å². The van der Waals surface area contributed by atoms with Crippen LogP contribution in [0.3, 0.4) is 0 Å². The van der Waals surface area contributed by atoms with E-state index in [0.717, 1.165) is 11.8 Å². The Bertz CT molecular complexity index is 568. The molecule has 0 aromatic heterocycles. The van der Waals surface area contributed by atoms with E-state index in [9.17, 15) is 18.3 Å². The number of aliphatic carboxylic acids is 1. The van der Waals surface area contributed by atoms with Crippen LogP contribution < -0.4 is 4.72 Å². The first-order valence-corrected chi connectivity index (χ1v) is 7.96. The first-order valence-electron chi connectivity index (χ1n) is 6.07. The van der Waals surface area contributed by atoms with E-state index in [2.05, 4.69) is 4.72 Å². The SMILES string of the molecule is CCc1ccccc1C(CC)(NS(C)(=O)=O)C(=O)O. The molecule has 6 heteroatoms. The van der Waals surface area contributed by atoms with Gasteiger partial charge in [-0.3, -0.25) is 0 Å². The van der Waals surface area contributed by atoms with E-state index < -0.39 is 21.5 Å². The highest BCUT2D eigenvalue weighted by molar-refractivity contribution is 7.88. The molecule has 1 unspecified atom stereocenters. The van der Waals surface area contributed by atoms with Crippen LogP contribution in [0.15, 0.2) is 24.3 Å². The van der Waals surface area contributed by atoms with Crippen LogP contribution in [0, 0.1) is 0 Å². The number of hydrogen-bond acceptors (Lipinski definition) is 3. The van der Waals surface area contributed by atoms with Gasteiger partial charge in [0.25, 0.3) is 0 Å². The van der Waals surface area contributed by atoms with Crippen molar-refractivity contribution in [1.29, 1.82) is 0 Å². The Morgan fingerprint density at radius 2 is 1.89 bits per heavy atom. The molecule has 0 saturated carbocycles. The van der Waals surface area contributed by atoms with Gasteiger partial charge < -0.3 is 5.11 Å². The lowest BCUT2D eigenvalue weighted by atomic mass is 9.84. The molecular weight excluding hydrogens is 266 g/mol. The minimum Gasteiger partial charge on any atom is -0.480 e. The van der Waals surface area contributed by atoms with Crippen LogP contribution in [0.2, 0.25) is 0 Å². The summed E-state index contributed by atoms with van der Waals surface area (Å²) in [6.07, 6.45) is 1.73. The highest BCUT2D eigenvalue weighted by Gasteiger charge is 2.42. The second-order valence-corrected chi connectivity index (χ2v) is 6.20. The fraction of sp³-hybridized carbons (Fsp3) is 0.462. The van der Waals surface area contributed by atoms with E-state index in [4.69, 9.17) is 0 Å². The molecule has 0 spiro atoms. The monoisotopic (exact) mass is 285 g/mol. The molecule has 0 saturated heterocycles. The van der Waals surface area contributed by atoms with E-state index in [1.54, 1.807) is 19.1 Å². The van der Waals surface area contributed by atoms with Crippen LogP contribution in [0.1, 0.15) is 31.4 Å². The van der Waals surface area contributed by atoms with Crippen LogP contribution in [0.5, 0.6) is 0 Å². The third kappa shape index (κ3) is 3.33. The quantitative estimate of drug-likeness (QED) is 0.829. The maximum Gasteiger partial charge on any atom is 0.329 e. The summed E-state index contributed by atoms with van der Waals surface area (Å²) in [5.41, 5.74) is -0.291. The lowest BCUT2D eigenvalue weighted by Crippen LogP contribution is -2.51. The second kappa shape index (κ2) is 5.71. The number of aryl methyl sites for hydroxylation is 1. The maximum absolute atomic E-state index is 11.7. The van der Waals surface area contributed by atoms with Crippen LogP contribution in [0.25, 0.3) is 0 Å². The van der Waals surface area contributed by atoms with E-state index in [-0.39, 0.29) is 6.42 Å². The molecule has 0 amide bonds. The number of carboxylic acid groups (broad SMARTS) is 1. The van der Waals surface area contributed by atoms with Gasteiger partial charge in [-0.1, -0.05) is 38.1 Å². The van der Waals surface area contributed by atoms with Crippen molar-refractivity contribution in [3.8, 4) is 0 Å². The molecule has 0 radical (unpaired) electrons. The zero-order valence-corrected chi connectivity index (χ0v) is 12.1. The first-order chi connectivity index (χ1) is 8.77. The van der Waals surface area contributed by atoms with Gasteiger partial charge in [0.05, 0.1) is 6.26 Å². The van der Waals surface area contributed by atoms with Crippen LogP contribution in [0.4, 0.5) is 0 Å². The van der Waals surface area contributed by atoms with Crippen LogP contribution >= 0.6 is 0 Å². The first kappa shape index (κ1) is 15.7. The molecule has 19 heavy (non-hydrogen) atoms. The van der Waals surface area contributed by atoms with Gasteiger partial charge in [-0.25, -0.2) is 13.2 Å². The molecule has 1 aromatic carbocycles. The number of sulfonamides is 1. The topological polar surface area (TPSA) is 83.5 Å². The predicted molar refractivity (Wildman–Crippen MR) is 73.4 cm³/mol. The molecule has 0 aliphatic carbocycles. The Morgan fingerprint density at radius 3 is 2.32 bits per heavy atom. The zero-order valence-electron chi connectivity index (χ0n) is 11.3. The number of rotatable bonds is 6. The molecule has 1 aromatic rings. The smallest absolute Gasteiger partial charge is 0.329 e. The van der Waals surface area contributed by atoms with Gasteiger partial charge in [0.2, 0.25) is 10.0 Å². The molecule has 1 atom stereocenters. The van der Waals surface area contributed by atoms with Crippen molar-refractivity contribution in [3.05, 3.63) is 35.4 Å². The predicted octanol–water partition coefficient (Wildman–Crippen LogP) is 1.49. The molecule has 5 nitrogen and oxygen atoms in total. The van der Waals surface area contributed by atoms with Crippen LogP contribution in [-0.4, -0.2) is 25.7 Å². The highest BCUT2D eigenvalue weighted by Crippen LogP contribution is 2.29. The summed E-state index contributed by atoms with van der Waals surface area (Å²) in [4.78, 5) is 11.7. The van der Waals surface area contributed by atoms with Crippen molar-refractivity contribution in [2.45, 2.75) is 32.2 Å². The average molecular weight is 285 g/mol. The maximum atomic E-state index is 11.7. The summed E-state index contributed by atoms with van der Waals surface area (Å²) in [5, 5.41) is 9.53. The Hall–Kier alpha value is -1.40. The Labute approximate surface area is 113 Å². The summed E-state index contributed by atoms with van der Waals surface area (Å²) < 4.78 is 25.3. The Kier molecular flexibility index (Phi) is 4.70. The lowest BCUT2D eigenvalue weighted by Gasteiger charge is -2.30. The van der Waals surface area contributed by atoms with E-state index in [0.29, 0.717) is 12.0 Å². The average Bonchev–Trinajstić information content (AvgIpc) is 2.34. The molecular formula is C13H19NO4S. The summed E-state index contributed by atoms with van der Waals surface area (Å²) in [7, 11) is -3.64. The van der Waals surface area contributed by atoms with Gasteiger partial charge >= 0.3 is 5.97 Å². The van der Waals surface area contributed by atoms with Crippen molar-refractivity contribution in [1.82, 2.24) is 4.72 Å². The highest BCUT2D eigenvalue weighted by atomic mass is 32.2. The second-order valence-electron chi connectivity index (χ2n) is 4.45. The van der Waals surface area contributed by atoms with Crippen molar-refractivity contribution in [3.63, 3.8) is 0 Å². The van der Waals surface area contributed by atoms with Gasteiger partial charge in [-0.15, -0.1) is 0 Å². The van der Waals surface area contributed by atoms with Gasteiger partial charge in [0.1, 0.15) is 0 Å². The number of nitrogens with one attached hydrogen (secondary N) is 1. The standard InChI is InChI=1S/C13H19NO4S/c1-4-10-8-6-7-9-11(10)13(5-2,12(15)16)14-19(3,17)18/h6-9,14H,4-5H2,1-3H3,(H,15,16). The number of carbonyl (C=O) groups is 1. The summed E-state index contributed by atoms with van der Waals surface area (Å²) in [6, 6.07) is 7.00. The van der Waals surface area contributed by atoms with Crippen molar-refractivity contribution in [2.75, 3.05) is 6.26 Å². The van der Waals surface area contributed by atoms with Gasteiger partial charge in [0, 0.05) is 0 Å². The van der Waals surface area contributed by atoms with Gasteiger partial charge in [-0.05, 0) is 24.0 Å². The number of hydrogen-bond donors (Lipinski definition) is 2. The third-order valence-electron chi connectivity index (χ3n) is 3.11. The molecule has 0 fully saturated rings. The Balaban J connectivity index is 3.51. The zero-order chi connectivity index (χ0) is 14.7. The minimum atomic E-state index is -3.64. The molecule has 0 bridgehead atoms. The molecule has 0 aliphatic heterocycles. The van der Waals surface area contributed by atoms with Crippen molar-refractivity contribution in [2.24, 2.45) is 0 Å². The lowest BCUT2D eigenvalue weighted by molar-refractivity contribution is -0.144. The number of carboxylic acids is 1. The van der Waals surface area contributed by atoms with E-state index >= 15 is 0 Å². The van der Waals surface area contributed by atoms with Gasteiger partial charge in [-0.2, -0.15) is 4.72 Å². The fourth-order valence-corrected chi connectivity index (χ4v) is 3.16. The molecule has 2 N–H and O–H groups in total. The Morgan fingerprint density at radius 1 is 1.32 bits per heavy atom. The van der Waals surface area contributed by atoms with Crippen LogP contribution in [-0.2, 0) is 26.8 Å². The molecule has 0 aliphatic rings. The molecule has 1 rings (SSSR count). The minimum absolute atomic E-state index is 0.131. The third-order valence-corrected chi connectivity index (χ3v) is 3.83. The van der Waals surface area contributed by atoms with Crippen molar-refractivity contribution >= 4 is 16.0 Å². The van der Waals surface area contributed by atoms with E-state index in [1.165, 1.54) is 0 Å².